The number of nitrogens with zero attached hydrogens (tertiary/aromatic N) is 1. The van der Waals surface area contributed by atoms with Crippen LogP contribution >= 0.6 is 0 Å². The van der Waals surface area contributed by atoms with Crippen molar-refractivity contribution >= 4 is 5.78 Å². The molecular weight excluding hydrogens is 174 g/mol. The summed E-state index contributed by atoms with van der Waals surface area (Å²) in [4.78, 5) is 13.3. The van der Waals surface area contributed by atoms with Crippen LogP contribution in [0.25, 0.3) is 0 Å². The Bertz CT molecular complexity index is 168. The van der Waals surface area contributed by atoms with Crippen LogP contribution in [0, 0.1) is 0 Å². The number of carbonyl (C=O) groups is 1. The van der Waals surface area contributed by atoms with Gasteiger partial charge in [-0.1, -0.05) is 39.0 Å². The lowest BCUT2D eigenvalue weighted by molar-refractivity contribution is -0.116. The molecule has 1 saturated heterocycles. The van der Waals surface area contributed by atoms with Gasteiger partial charge in [-0.2, -0.15) is 0 Å². The van der Waals surface area contributed by atoms with Gasteiger partial charge in [-0.15, -0.1) is 0 Å². The lowest BCUT2D eigenvalue weighted by Gasteiger charge is -2.12. The van der Waals surface area contributed by atoms with E-state index < -0.39 is 0 Å². The summed E-state index contributed by atoms with van der Waals surface area (Å²) in [5.74, 6) is 0.427. The Hall–Kier alpha value is -0.370. The van der Waals surface area contributed by atoms with Crippen molar-refractivity contribution in [2.75, 3.05) is 19.6 Å². The summed E-state index contributed by atoms with van der Waals surface area (Å²) in [7, 11) is 0. The van der Waals surface area contributed by atoms with Crippen LogP contribution in [-0.4, -0.2) is 30.3 Å². The molecule has 2 heteroatoms. The summed E-state index contributed by atoms with van der Waals surface area (Å²) in [6, 6.07) is 0. The van der Waals surface area contributed by atoms with E-state index in [1.807, 2.05) is 0 Å². The molecular formula is C12H23NO. The predicted octanol–water partition coefficient (Wildman–Crippen LogP) is 2.62. The molecule has 0 radical (unpaired) electrons. The van der Waals surface area contributed by atoms with Crippen LogP contribution in [0.1, 0.15) is 51.9 Å². The molecule has 0 saturated carbocycles. The topological polar surface area (TPSA) is 20.3 Å². The second-order valence-corrected chi connectivity index (χ2v) is 4.33. The Morgan fingerprint density at radius 2 is 1.86 bits per heavy atom. The smallest absolute Gasteiger partial charge is 0.148 e. The molecule has 0 aromatic heterocycles. The van der Waals surface area contributed by atoms with E-state index >= 15 is 0 Å². The van der Waals surface area contributed by atoms with Gasteiger partial charge in [-0.05, 0) is 13.0 Å². The number of unbranched alkanes of at least 4 members (excludes halogenated alkanes) is 5. The summed E-state index contributed by atoms with van der Waals surface area (Å²) in [5.41, 5.74) is 0. The monoisotopic (exact) mass is 197 g/mol. The highest BCUT2D eigenvalue weighted by atomic mass is 16.1. The van der Waals surface area contributed by atoms with Crippen molar-refractivity contribution in [3.8, 4) is 0 Å². The van der Waals surface area contributed by atoms with E-state index in [4.69, 9.17) is 0 Å². The first-order valence-electron chi connectivity index (χ1n) is 6.07. The minimum Gasteiger partial charge on any atom is -0.298 e. The normalized spacial score (nSPS) is 17.9. The van der Waals surface area contributed by atoms with Crippen LogP contribution in [0.15, 0.2) is 0 Å². The number of hydrogen-bond acceptors (Lipinski definition) is 2. The van der Waals surface area contributed by atoms with Crippen LogP contribution in [0.4, 0.5) is 0 Å². The van der Waals surface area contributed by atoms with Gasteiger partial charge in [0, 0.05) is 13.0 Å². The van der Waals surface area contributed by atoms with Crippen LogP contribution in [0.5, 0.6) is 0 Å². The van der Waals surface area contributed by atoms with Gasteiger partial charge in [0.1, 0.15) is 5.78 Å². The van der Waals surface area contributed by atoms with Crippen molar-refractivity contribution < 1.29 is 4.79 Å². The third kappa shape index (κ3) is 4.75. The fourth-order valence-electron chi connectivity index (χ4n) is 2.00. The van der Waals surface area contributed by atoms with E-state index in [1.165, 1.54) is 38.5 Å². The molecule has 1 aliphatic heterocycles. The maximum absolute atomic E-state index is 11.0. The zero-order chi connectivity index (χ0) is 10.2. The van der Waals surface area contributed by atoms with Gasteiger partial charge in [0.15, 0.2) is 0 Å². The second-order valence-electron chi connectivity index (χ2n) is 4.33. The molecule has 1 heterocycles. The minimum atomic E-state index is 0.427. The summed E-state index contributed by atoms with van der Waals surface area (Å²) in [5, 5.41) is 0. The molecule has 0 aromatic carbocycles. The Labute approximate surface area is 87.7 Å². The average molecular weight is 197 g/mol. The Morgan fingerprint density at radius 1 is 1.14 bits per heavy atom. The molecule has 0 unspecified atom stereocenters. The molecule has 1 aliphatic rings. The van der Waals surface area contributed by atoms with Crippen LogP contribution < -0.4 is 0 Å². The first kappa shape index (κ1) is 11.7. The number of rotatable bonds is 7. The highest BCUT2D eigenvalue weighted by Gasteiger charge is 2.17. The highest BCUT2D eigenvalue weighted by molar-refractivity contribution is 5.82. The summed E-state index contributed by atoms with van der Waals surface area (Å²) in [6.07, 6.45) is 8.85. The van der Waals surface area contributed by atoms with Crippen molar-refractivity contribution in [3.63, 3.8) is 0 Å². The Balaban J connectivity index is 1.86. The van der Waals surface area contributed by atoms with E-state index in [1.54, 1.807) is 0 Å². The third-order valence-electron chi connectivity index (χ3n) is 2.93. The van der Waals surface area contributed by atoms with Crippen LogP contribution in [0.3, 0.4) is 0 Å². The lowest BCUT2D eigenvalue weighted by atomic mass is 10.1. The average Bonchev–Trinajstić information content (AvgIpc) is 2.58. The highest BCUT2D eigenvalue weighted by Crippen LogP contribution is 2.09. The standard InChI is InChI=1S/C12H23NO/c1-2-3-4-5-6-7-9-13-10-8-12(14)11-13/h2-11H2,1H3. The van der Waals surface area contributed by atoms with Crippen molar-refractivity contribution in [3.05, 3.63) is 0 Å². The van der Waals surface area contributed by atoms with E-state index in [-0.39, 0.29) is 0 Å². The molecule has 0 bridgehead atoms. The van der Waals surface area contributed by atoms with Gasteiger partial charge in [-0.25, -0.2) is 0 Å². The molecule has 0 aromatic rings. The summed E-state index contributed by atoms with van der Waals surface area (Å²) < 4.78 is 0. The van der Waals surface area contributed by atoms with E-state index in [2.05, 4.69) is 11.8 Å². The molecule has 1 fully saturated rings. The number of ketones is 1. The molecule has 2 nitrogen and oxygen atoms in total. The molecule has 0 atom stereocenters. The number of Topliss-reactive ketones (excluding diaryl/α,β-unsaturated/α-hetero) is 1. The zero-order valence-corrected chi connectivity index (χ0v) is 9.43. The van der Waals surface area contributed by atoms with Gasteiger partial charge >= 0.3 is 0 Å². The van der Waals surface area contributed by atoms with Gasteiger partial charge in [0.2, 0.25) is 0 Å². The number of likely N-dealkylation sites (tertiary alicyclic amines) is 1. The largest absolute Gasteiger partial charge is 0.298 e. The minimum absolute atomic E-state index is 0.427. The van der Waals surface area contributed by atoms with Gasteiger partial charge in [0.05, 0.1) is 6.54 Å². The first-order chi connectivity index (χ1) is 6.83. The summed E-state index contributed by atoms with van der Waals surface area (Å²) >= 11 is 0. The van der Waals surface area contributed by atoms with Crippen LogP contribution in [-0.2, 0) is 4.79 Å². The van der Waals surface area contributed by atoms with Gasteiger partial charge in [0.25, 0.3) is 0 Å². The van der Waals surface area contributed by atoms with Crippen molar-refractivity contribution in [2.45, 2.75) is 51.9 Å². The molecule has 82 valence electrons. The molecule has 14 heavy (non-hydrogen) atoms. The van der Waals surface area contributed by atoms with E-state index in [0.717, 1.165) is 26.1 Å². The summed E-state index contributed by atoms with van der Waals surface area (Å²) in [6.45, 7) is 5.11. The molecule has 0 amide bonds. The van der Waals surface area contributed by atoms with Crippen molar-refractivity contribution in [2.24, 2.45) is 0 Å². The molecule has 0 aliphatic carbocycles. The first-order valence-corrected chi connectivity index (χ1v) is 6.07. The Morgan fingerprint density at radius 3 is 2.50 bits per heavy atom. The SMILES string of the molecule is CCCCCCCCN1CCC(=O)C1. The van der Waals surface area contributed by atoms with E-state index in [9.17, 15) is 4.79 Å². The zero-order valence-electron chi connectivity index (χ0n) is 9.43. The van der Waals surface area contributed by atoms with Crippen molar-refractivity contribution in [1.82, 2.24) is 4.90 Å². The van der Waals surface area contributed by atoms with Gasteiger partial charge < -0.3 is 0 Å². The third-order valence-corrected chi connectivity index (χ3v) is 2.93. The predicted molar refractivity (Wildman–Crippen MR) is 59.4 cm³/mol. The molecule has 1 rings (SSSR count). The number of carbonyl (C=O) groups excluding carboxylic acids is 1. The van der Waals surface area contributed by atoms with Crippen molar-refractivity contribution in [1.29, 1.82) is 0 Å². The fourth-order valence-corrected chi connectivity index (χ4v) is 2.00. The maximum atomic E-state index is 11.0. The quantitative estimate of drug-likeness (QED) is 0.585. The fraction of sp³-hybridized carbons (Fsp3) is 0.917. The maximum Gasteiger partial charge on any atom is 0.148 e. The molecule has 0 spiro atoms. The van der Waals surface area contributed by atoms with E-state index in [0.29, 0.717) is 5.78 Å². The number of hydrogen-bond donors (Lipinski definition) is 0. The second kappa shape index (κ2) is 6.99. The molecule has 0 N–H and O–H groups in total. The lowest BCUT2D eigenvalue weighted by Crippen LogP contribution is -2.21. The van der Waals surface area contributed by atoms with Gasteiger partial charge in [-0.3, -0.25) is 9.69 Å². The Kier molecular flexibility index (Phi) is 5.85. The van der Waals surface area contributed by atoms with Crippen LogP contribution in [0.2, 0.25) is 0 Å².